The standard InChI is InChI=1S/C20H27N3O5/c1-14(17-11-16(26-3)6-7-18(17)27-4)23-20(24)22-13-15-5-8-19(21-12-15)28-10-9-25-2/h5-8,11-12,14H,9-10,13H2,1-4H3,(H2,22,23,24). The van der Waals surface area contributed by atoms with Crippen molar-refractivity contribution in [3.8, 4) is 17.4 Å². The second kappa shape index (κ2) is 11.0. The SMILES string of the molecule is COCCOc1ccc(CNC(=O)NC(C)c2cc(OC)ccc2OC)cn1. The minimum absolute atomic E-state index is 0.264. The number of carbonyl (C=O) groups is 1. The third-order valence-corrected chi connectivity index (χ3v) is 4.04. The molecule has 152 valence electrons. The second-order valence-corrected chi connectivity index (χ2v) is 6.00. The van der Waals surface area contributed by atoms with Crippen LogP contribution in [0.3, 0.4) is 0 Å². The smallest absolute Gasteiger partial charge is 0.315 e. The number of nitrogens with one attached hydrogen (secondary N) is 2. The van der Waals surface area contributed by atoms with E-state index in [1.165, 1.54) is 0 Å². The average molecular weight is 389 g/mol. The summed E-state index contributed by atoms with van der Waals surface area (Å²) < 4.78 is 20.9. The van der Waals surface area contributed by atoms with E-state index in [0.717, 1.165) is 11.1 Å². The van der Waals surface area contributed by atoms with E-state index < -0.39 is 0 Å². The Labute approximate surface area is 165 Å². The van der Waals surface area contributed by atoms with Crippen molar-refractivity contribution in [1.29, 1.82) is 0 Å². The fourth-order valence-electron chi connectivity index (χ4n) is 2.52. The van der Waals surface area contributed by atoms with Crippen LogP contribution in [0.25, 0.3) is 0 Å². The number of methoxy groups -OCH3 is 3. The lowest BCUT2D eigenvalue weighted by Crippen LogP contribution is -2.36. The number of ether oxygens (including phenoxy) is 4. The minimum Gasteiger partial charge on any atom is -0.497 e. The Morgan fingerprint density at radius 3 is 2.57 bits per heavy atom. The van der Waals surface area contributed by atoms with Gasteiger partial charge in [-0.25, -0.2) is 9.78 Å². The van der Waals surface area contributed by atoms with Gasteiger partial charge in [-0.1, -0.05) is 6.07 Å². The van der Waals surface area contributed by atoms with Crippen molar-refractivity contribution >= 4 is 6.03 Å². The van der Waals surface area contributed by atoms with E-state index in [1.807, 2.05) is 31.2 Å². The van der Waals surface area contributed by atoms with Gasteiger partial charge in [0.25, 0.3) is 0 Å². The van der Waals surface area contributed by atoms with Crippen molar-refractivity contribution in [1.82, 2.24) is 15.6 Å². The van der Waals surface area contributed by atoms with Gasteiger partial charge in [0.05, 0.1) is 26.9 Å². The molecule has 0 aliphatic heterocycles. The van der Waals surface area contributed by atoms with Crippen LogP contribution in [0.5, 0.6) is 17.4 Å². The average Bonchev–Trinajstić information content (AvgIpc) is 2.72. The normalized spacial score (nSPS) is 11.4. The zero-order chi connectivity index (χ0) is 20.4. The number of nitrogens with zero attached hydrogens (tertiary/aromatic N) is 1. The predicted molar refractivity (Wildman–Crippen MR) is 105 cm³/mol. The van der Waals surface area contributed by atoms with Gasteiger partial charge >= 0.3 is 6.03 Å². The number of hydrogen-bond donors (Lipinski definition) is 2. The van der Waals surface area contributed by atoms with Gasteiger partial charge in [0, 0.05) is 31.5 Å². The zero-order valence-electron chi connectivity index (χ0n) is 16.7. The molecule has 1 unspecified atom stereocenters. The Morgan fingerprint density at radius 2 is 1.93 bits per heavy atom. The largest absolute Gasteiger partial charge is 0.497 e. The summed E-state index contributed by atoms with van der Waals surface area (Å²) in [5.41, 5.74) is 1.69. The van der Waals surface area contributed by atoms with Crippen molar-refractivity contribution in [2.24, 2.45) is 0 Å². The summed E-state index contributed by atoms with van der Waals surface area (Å²) in [5.74, 6) is 1.90. The molecule has 2 N–H and O–H groups in total. The first kappa shape index (κ1) is 21.3. The number of hydrogen-bond acceptors (Lipinski definition) is 6. The van der Waals surface area contributed by atoms with Gasteiger partial charge in [-0.15, -0.1) is 0 Å². The molecule has 0 saturated carbocycles. The van der Waals surface area contributed by atoms with Crippen molar-refractivity contribution < 1.29 is 23.7 Å². The summed E-state index contributed by atoms with van der Waals surface area (Å²) in [5, 5.41) is 5.71. The maximum atomic E-state index is 12.2. The van der Waals surface area contributed by atoms with Crippen molar-refractivity contribution in [2.45, 2.75) is 19.5 Å². The molecule has 8 nitrogen and oxygen atoms in total. The number of amides is 2. The zero-order valence-corrected chi connectivity index (χ0v) is 16.7. The number of rotatable bonds is 10. The van der Waals surface area contributed by atoms with Gasteiger partial charge < -0.3 is 29.6 Å². The van der Waals surface area contributed by atoms with E-state index in [1.54, 1.807) is 33.6 Å². The molecule has 2 amide bonds. The van der Waals surface area contributed by atoms with Gasteiger partial charge in [-0.3, -0.25) is 0 Å². The van der Waals surface area contributed by atoms with Gasteiger partial charge in [0.15, 0.2) is 0 Å². The maximum absolute atomic E-state index is 12.2. The van der Waals surface area contributed by atoms with E-state index in [-0.39, 0.29) is 12.1 Å². The quantitative estimate of drug-likeness (QED) is 0.607. The van der Waals surface area contributed by atoms with Gasteiger partial charge in [0.1, 0.15) is 18.1 Å². The summed E-state index contributed by atoms with van der Waals surface area (Å²) in [7, 11) is 4.80. The molecule has 0 spiro atoms. The molecular weight excluding hydrogens is 362 g/mol. The van der Waals surface area contributed by atoms with Crippen LogP contribution in [0, 0.1) is 0 Å². The number of urea groups is 1. The highest BCUT2D eigenvalue weighted by Gasteiger charge is 2.15. The monoisotopic (exact) mass is 389 g/mol. The topological polar surface area (TPSA) is 90.9 Å². The summed E-state index contributed by atoms with van der Waals surface area (Å²) in [6.07, 6.45) is 1.66. The van der Waals surface area contributed by atoms with Gasteiger partial charge in [0.2, 0.25) is 5.88 Å². The first-order valence-corrected chi connectivity index (χ1v) is 8.90. The molecule has 1 aromatic carbocycles. The fraction of sp³-hybridized carbons (Fsp3) is 0.400. The van der Waals surface area contributed by atoms with Crippen LogP contribution in [0.15, 0.2) is 36.5 Å². The molecule has 0 aliphatic carbocycles. The van der Waals surface area contributed by atoms with Crippen LogP contribution in [0.1, 0.15) is 24.1 Å². The third-order valence-electron chi connectivity index (χ3n) is 4.04. The van der Waals surface area contributed by atoms with Crippen LogP contribution in [-0.2, 0) is 11.3 Å². The molecule has 1 atom stereocenters. The van der Waals surface area contributed by atoms with Crippen molar-refractivity contribution in [2.75, 3.05) is 34.5 Å². The highest BCUT2D eigenvalue weighted by Crippen LogP contribution is 2.29. The lowest BCUT2D eigenvalue weighted by atomic mass is 10.1. The number of benzene rings is 1. The molecule has 1 heterocycles. The second-order valence-electron chi connectivity index (χ2n) is 6.00. The van der Waals surface area contributed by atoms with Crippen LogP contribution in [-0.4, -0.2) is 45.6 Å². The molecule has 0 bridgehead atoms. The molecule has 0 saturated heterocycles. The van der Waals surface area contributed by atoms with Crippen molar-refractivity contribution in [3.63, 3.8) is 0 Å². The molecular formula is C20H27N3O5. The van der Waals surface area contributed by atoms with E-state index in [2.05, 4.69) is 15.6 Å². The van der Waals surface area contributed by atoms with Crippen LogP contribution in [0.2, 0.25) is 0 Å². The molecule has 2 aromatic rings. The summed E-state index contributed by atoms with van der Waals surface area (Å²) >= 11 is 0. The molecule has 2 rings (SSSR count). The van der Waals surface area contributed by atoms with Crippen LogP contribution < -0.4 is 24.8 Å². The fourth-order valence-corrected chi connectivity index (χ4v) is 2.52. The Morgan fingerprint density at radius 1 is 1.11 bits per heavy atom. The highest BCUT2D eigenvalue weighted by atomic mass is 16.5. The lowest BCUT2D eigenvalue weighted by molar-refractivity contribution is 0.143. The first-order valence-electron chi connectivity index (χ1n) is 8.90. The Bertz CT molecular complexity index is 752. The molecule has 0 radical (unpaired) electrons. The van der Waals surface area contributed by atoms with Gasteiger partial charge in [-0.2, -0.15) is 0 Å². The van der Waals surface area contributed by atoms with E-state index in [9.17, 15) is 4.79 Å². The Balaban J connectivity index is 1.87. The molecule has 1 aromatic heterocycles. The molecule has 28 heavy (non-hydrogen) atoms. The summed E-state index contributed by atoms with van der Waals surface area (Å²) in [6, 6.07) is 8.52. The first-order chi connectivity index (χ1) is 13.6. The van der Waals surface area contributed by atoms with Crippen LogP contribution >= 0.6 is 0 Å². The summed E-state index contributed by atoms with van der Waals surface area (Å²) in [4.78, 5) is 16.4. The Kier molecular flexibility index (Phi) is 8.36. The predicted octanol–water partition coefficient (Wildman–Crippen LogP) is 2.68. The highest BCUT2D eigenvalue weighted by molar-refractivity contribution is 5.74. The Hall–Kier alpha value is -3.00. The van der Waals surface area contributed by atoms with Gasteiger partial charge in [-0.05, 0) is 30.7 Å². The molecule has 0 fully saturated rings. The maximum Gasteiger partial charge on any atom is 0.315 e. The molecule has 8 heteroatoms. The number of pyridine rings is 1. The van der Waals surface area contributed by atoms with E-state index in [4.69, 9.17) is 18.9 Å². The number of carbonyl (C=O) groups excluding carboxylic acids is 1. The van der Waals surface area contributed by atoms with E-state index >= 15 is 0 Å². The molecule has 0 aliphatic rings. The minimum atomic E-state index is -0.294. The summed E-state index contributed by atoms with van der Waals surface area (Å²) in [6.45, 7) is 3.17. The third kappa shape index (κ3) is 6.31. The van der Waals surface area contributed by atoms with Crippen molar-refractivity contribution in [3.05, 3.63) is 47.7 Å². The van der Waals surface area contributed by atoms with Crippen LogP contribution in [0.4, 0.5) is 4.79 Å². The van der Waals surface area contributed by atoms with E-state index in [0.29, 0.717) is 37.1 Å². The lowest BCUT2D eigenvalue weighted by Gasteiger charge is -2.18. The number of aromatic nitrogens is 1.